The first kappa shape index (κ1) is 15.8. The van der Waals surface area contributed by atoms with Gasteiger partial charge in [-0.25, -0.2) is 0 Å². The molecule has 2 fully saturated rings. The molecule has 0 aromatic rings. The zero-order valence-electron chi connectivity index (χ0n) is 11.4. The highest BCUT2D eigenvalue weighted by Gasteiger charge is 2.26. The molecule has 1 aliphatic carbocycles. The largest absolute Gasteiger partial charge is 0.352 e. The molecule has 0 bridgehead atoms. The van der Waals surface area contributed by atoms with E-state index in [1.807, 2.05) is 0 Å². The molecule has 1 amide bonds. The van der Waals surface area contributed by atoms with Gasteiger partial charge in [0.15, 0.2) is 0 Å². The molecule has 18 heavy (non-hydrogen) atoms. The Morgan fingerprint density at radius 2 is 2.06 bits per heavy atom. The molecule has 0 aromatic carbocycles. The maximum absolute atomic E-state index is 12.2. The predicted octanol–water partition coefficient (Wildman–Crippen LogP) is 2.49. The molecule has 4 heteroatoms. The monoisotopic (exact) mass is 274 g/mol. The molecule has 2 unspecified atom stereocenters. The van der Waals surface area contributed by atoms with E-state index in [-0.39, 0.29) is 18.3 Å². The van der Waals surface area contributed by atoms with Gasteiger partial charge >= 0.3 is 0 Å². The Morgan fingerprint density at radius 1 is 1.33 bits per heavy atom. The Hall–Kier alpha value is -0.280. The number of carbonyl (C=O) groups is 1. The molecule has 3 nitrogen and oxygen atoms in total. The van der Waals surface area contributed by atoms with E-state index >= 15 is 0 Å². The molecule has 1 saturated heterocycles. The lowest BCUT2D eigenvalue weighted by Crippen LogP contribution is -2.40. The summed E-state index contributed by atoms with van der Waals surface area (Å²) in [7, 11) is 0. The van der Waals surface area contributed by atoms with Gasteiger partial charge in [0.1, 0.15) is 0 Å². The standard InChI is InChI=1S/C14H26N2O.ClH/c1-2-12(9-11-5-3-4-6-11)14(17)16-13-7-8-15-10-13;/h11-13,15H,2-10H2,1H3,(H,16,17);1H. The lowest BCUT2D eigenvalue weighted by Gasteiger charge is -2.21. The zero-order chi connectivity index (χ0) is 12.1. The van der Waals surface area contributed by atoms with E-state index in [0.29, 0.717) is 11.9 Å². The third kappa shape index (κ3) is 4.43. The molecule has 2 rings (SSSR count). The lowest BCUT2D eigenvalue weighted by atomic mass is 9.90. The van der Waals surface area contributed by atoms with E-state index in [1.165, 1.54) is 25.7 Å². The molecule has 0 radical (unpaired) electrons. The van der Waals surface area contributed by atoms with Crippen molar-refractivity contribution in [1.82, 2.24) is 10.6 Å². The van der Waals surface area contributed by atoms with Crippen LogP contribution >= 0.6 is 12.4 Å². The number of halogens is 1. The van der Waals surface area contributed by atoms with Gasteiger partial charge in [-0.1, -0.05) is 32.6 Å². The molecule has 1 heterocycles. The van der Waals surface area contributed by atoms with Crippen LogP contribution in [0.4, 0.5) is 0 Å². The van der Waals surface area contributed by atoms with Crippen molar-refractivity contribution in [3.05, 3.63) is 0 Å². The van der Waals surface area contributed by atoms with Crippen molar-refractivity contribution in [2.24, 2.45) is 11.8 Å². The second-order valence-corrected chi connectivity index (χ2v) is 5.69. The van der Waals surface area contributed by atoms with Crippen LogP contribution in [-0.2, 0) is 4.79 Å². The molecule has 0 spiro atoms. The third-order valence-corrected chi connectivity index (χ3v) is 4.36. The van der Waals surface area contributed by atoms with Crippen LogP contribution in [0.2, 0.25) is 0 Å². The number of amides is 1. The molecular weight excluding hydrogens is 248 g/mol. The molecule has 2 N–H and O–H groups in total. The topological polar surface area (TPSA) is 41.1 Å². The number of hydrogen-bond acceptors (Lipinski definition) is 2. The van der Waals surface area contributed by atoms with Crippen LogP contribution in [0.1, 0.15) is 51.9 Å². The summed E-state index contributed by atoms with van der Waals surface area (Å²) in [6.07, 6.45) is 8.62. The Bertz CT molecular complexity index is 248. The van der Waals surface area contributed by atoms with Gasteiger partial charge < -0.3 is 10.6 Å². The van der Waals surface area contributed by atoms with E-state index in [2.05, 4.69) is 17.6 Å². The quantitative estimate of drug-likeness (QED) is 0.809. The fraction of sp³-hybridized carbons (Fsp3) is 0.929. The average molecular weight is 275 g/mol. The van der Waals surface area contributed by atoms with Crippen LogP contribution in [0.3, 0.4) is 0 Å². The van der Waals surface area contributed by atoms with E-state index in [4.69, 9.17) is 0 Å². The first-order valence-electron chi connectivity index (χ1n) is 7.30. The Kier molecular flexibility index (Phi) is 7.02. The van der Waals surface area contributed by atoms with E-state index < -0.39 is 0 Å². The number of rotatable bonds is 5. The van der Waals surface area contributed by atoms with Gasteiger partial charge in [0.25, 0.3) is 0 Å². The second-order valence-electron chi connectivity index (χ2n) is 5.69. The maximum Gasteiger partial charge on any atom is 0.223 e. The van der Waals surface area contributed by atoms with Gasteiger partial charge in [-0.15, -0.1) is 12.4 Å². The van der Waals surface area contributed by atoms with Gasteiger partial charge in [-0.05, 0) is 31.7 Å². The van der Waals surface area contributed by atoms with E-state index in [1.54, 1.807) is 0 Å². The minimum Gasteiger partial charge on any atom is -0.352 e. The predicted molar refractivity (Wildman–Crippen MR) is 77.0 cm³/mol. The minimum atomic E-state index is 0. The van der Waals surface area contributed by atoms with Gasteiger partial charge in [0.05, 0.1) is 0 Å². The summed E-state index contributed by atoms with van der Waals surface area (Å²) in [5, 5.41) is 6.50. The van der Waals surface area contributed by atoms with Crippen LogP contribution < -0.4 is 10.6 Å². The summed E-state index contributed by atoms with van der Waals surface area (Å²) >= 11 is 0. The number of carbonyl (C=O) groups excluding carboxylic acids is 1. The molecule has 1 aliphatic heterocycles. The Balaban J connectivity index is 0.00000162. The van der Waals surface area contributed by atoms with Crippen molar-refractivity contribution in [2.75, 3.05) is 13.1 Å². The van der Waals surface area contributed by atoms with Crippen LogP contribution in [0.25, 0.3) is 0 Å². The highest BCUT2D eigenvalue weighted by Crippen LogP contribution is 2.31. The summed E-state index contributed by atoms with van der Waals surface area (Å²) in [5.41, 5.74) is 0. The van der Waals surface area contributed by atoms with Gasteiger partial charge in [-0.2, -0.15) is 0 Å². The van der Waals surface area contributed by atoms with Gasteiger partial charge in [-0.3, -0.25) is 4.79 Å². The summed E-state index contributed by atoms with van der Waals surface area (Å²) < 4.78 is 0. The van der Waals surface area contributed by atoms with Crippen LogP contribution in [-0.4, -0.2) is 25.0 Å². The average Bonchev–Trinajstić information content (AvgIpc) is 2.97. The molecule has 2 aliphatic rings. The number of nitrogens with one attached hydrogen (secondary N) is 2. The molecule has 2 atom stereocenters. The molecule has 1 saturated carbocycles. The maximum atomic E-state index is 12.2. The molecular formula is C14H27ClN2O. The Labute approximate surface area is 117 Å². The third-order valence-electron chi connectivity index (χ3n) is 4.36. The smallest absolute Gasteiger partial charge is 0.223 e. The minimum absolute atomic E-state index is 0. The number of hydrogen-bond donors (Lipinski definition) is 2. The molecule has 0 aromatic heterocycles. The van der Waals surface area contributed by atoms with E-state index in [9.17, 15) is 4.79 Å². The normalized spacial score (nSPS) is 25.7. The summed E-state index contributed by atoms with van der Waals surface area (Å²) in [6, 6.07) is 0.375. The van der Waals surface area contributed by atoms with Gasteiger partial charge in [0, 0.05) is 18.5 Å². The van der Waals surface area contributed by atoms with Crippen molar-refractivity contribution < 1.29 is 4.79 Å². The van der Waals surface area contributed by atoms with Crippen molar-refractivity contribution in [2.45, 2.75) is 57.9 Å². The van der Waals surface area contributed by atoms with Crippen molar-refractivity contribution in [3.8, 4) is 0 Å². The van der Waals surface area contributed by atoms with Gasteiger partial charge in [0.2, 0.25) is 5.91 Å². The first-order valence-corrected chi connectivity index (χ1v) is 7.30. The highest BCUT2D eigenvalue weighted by molar-refractivity contribution is 5.85. The van der Waals surface area contributed by atoms with E-state index in [0.717, 1.165) is 38.3 Å². The fourth-order valence-corrected chi connectivity index (χ4v) is 3.20. The Morgan fingerprint density at radius 3 is 2.61 bits per heavy atom. The van der Waals surface area contributed by atoms with Crippen LogP contribution in [0, 0.1) is 11.8 Å². The SMILES string of the molecule is CCC(CC1CCCC1)C(=O)NC1CCNC1.Cl. The second kappa shape index (κ2) is 8.00. The fourth-order valence-electron chi connectivity index (χ4n) is 3.20. The summed E-state index contributed by atoms with van der Waals surface area (Å²) in [6.45, 7) is 4.14. The van der Waals surface area contributed by atoms with Crippen LogP contribution in [0.5, 0.6) is 0 Å². The summed E-state index contributed by atoms with van der Waals surface area (Å²) in [4.78, 5) is 12.2. The van der Waals surface area contributed by atoms with Crippen molar-refractivity contribution in [1.29, 1.82) is 0 Å². The summed E-state index contributed by atoms with van der Waals surface area (Å²) in [5.74, 6) is 1.36. The highest BCUT2D eigenvalue weighted by atomic mass is 35.5. The molecule has 106 valence electrons. The van der Waals surface area contributed by atoms with Crippen LogP contribution in [0.15, 0.2) is 0 Å². The van der Waals surface area contributed by atoms with Crippen molar-refractivity contribution >= 4 is 18.3 Å². The van der Waals surface area contributed by atoms with Crippen molar-refractivity contribution in [3.63, 3.8) is 0 Å². The lowest BCUT2D eigenvalue weighted by molar-refractivity contribution is -0.126. The first-order chi connectivity index (χ1) is 8.29. The zero-order valence-corrected chi connectivity index (χ0v) is 12.2.